The zero-order valence-electron chi connectivity index (χ0n) is 5.16. The third kappa shape index (κ3) is 0.749. The fraction of sp³-hybridized carbons (Fsp3) is 0.833. The van der Waals surface area contributed by atoms with Crippen LogP contribution in [0.3, 0.4) is 0 Å². The average Bonchev–Trinajstić information content (AvgIpc) is 1.82. The quantitative estimate of drug-likeness (QED) is 0.532. The van der Waals surface area contributed by atoms with E-state index in [9.17, 15) is 13.6 Å². The first-order chi connectivity index (χ1) is 4.07. The van der Waals surface area contributed by atoms with Gasteiger partial charge in [-0.3, -0.25) is 4.79 Å². The number of halogens is 2. The second-order valence-corrected chi connectivity index (χ2v) is 2.64. The second-order valence-electron chi connectivity index (χ2n) is 2.64. The molecule has 1 nitrogen and oxygen atoms in total. The van der Waals surface area contributed by atoms with Gasteiger partial charge in [0.05, 0.1) is 5.41 Å². The lowest BCUT2D eigenvalue weighted by molar-refractivity contribution is -0.149. The Morgan fingerprint density at radius 2 is 2.22 bits per heavy atom. The molecule has 0 aromatic heterocycles. The van der Waals surface area contributed by atoms with Crippen LogP contribution in [0.25, 0.3) is 0 Å². The molecule has 0 aromatic carbocycles. The predicted molar refractivity (Wildman–Crippen MR) is 28.4 cm³/mol. The average molecular weight is 134 g/mol. The van der Waals surface area contributed by atoms with Crippen LogP contribution in [0.5, 0.6) is 0 Å². The smallest absolute Gasteiger partial charge is 0.250 e. The Morgan fingerprint density at radius 3 is 2.22 bits per heavy atom. The van der Waals surface area contributed by atoms with Crippen LogP contribution in [-0.2, 0) is 4.79 Å². The molecule has 1 aliphatic rings. The summed E-state index contributed by atoms with van der Waals surface area (Å²) in [4.78, 5) is 10.5. The summed E-state index contributed by atoms with van der Waals surface area (Å²) in [6.07, 6.45) is -1.79. The van der Waals surface area contributed by atoms with Crippen LogP contribution in [0.15, 0.2) is 0 Å². The van der Waals surface area contributed by atoms with E-state index in [2.05, 4.69) is 0 Å². The molecule has 0 heterocycles. The lowest BCUT2D eigenvalue weighted by Crippen LogP contribution is -2.43. The van der Waals surface area contributed by atoms with Gasteiger partial charge in [-0.15, -0.1) is 0 Å². The van der Waals surface area contributed by atoms with Gasteiger partial charge in [0.1, 0.15) is 5.78 Å². The van der Waals surface area contributed by atoms with E-state index in [0.29, 0.717) is 12.8 Å². The SMILES string of the molecule is CC1(C(F)F)CCC1=O. The Morgan fingerprint density at radius 1 is 1.67 bits per heavy atom. The van der Waals surface area contributed by atoms with Crippen molar-refractivity contribution in [3.05, 3.63) is 0 Å². The molecule has 3 heteroatoms. The first-order valence-corrected chi connectivity index (χ1v) is 2.89. The van der Waals surface area contributed by atoms with Crippen LogP contribution < -0.4 is 0 Å². The Labute approximate surface area is 52.1 Å². The van der Waals surface area contributed by atoms with Gasteiger partial charge in [0.25, 0.3) is 6.43 Å². The highest BCUT2D eigenvalue weighted by molar-refractivity contribution is 5.90. The summed E-state index contributed by atoms with van der Waals surface area (Å²) in [6, 6.07) is 0. The van der Waals surface area contributed by atoms with E-state index < -0.39 is 11.8 Å². The molecule has 0 aromatic rings. The highest BCUT2D eigenvalue weighted by Gasteiger charge is 2.48. The summed E-state index contributed by atoms with van der Waals surface area (Å²) < 4.78 is 23.8. The molecule has 0 aliphatic heterocycles. The van der Waals surface area contributed by atoms with E-state index in [0.717, 1.165) is 0 Å². The molecule has 1 aliphatic carbocycles. The molecule has 1 atom stereocenters. The molecule has 0 radical (unpaired) electrons. The van der Waals surface area contributed by atoms with Gasteiger partial charge in [0.2, 0.25) is 0 Å². The van der Waals surface area contributed by atoms with Gasteiger partial charge in [0.15, 0.2) is 0 Å². The standard InChI is InChI=1S/C6H8F2O/c1-6(5(7)8)3-2-4(6)9/h5H,2-3H2,1H3. The van der Waals surface area contributed by atoms with Gasteiger partial charge >= 0.3 is 0 Å². The third-order valence-corrected chi connectivity index (χ3v) is 1.99. The van der Waals surface area contributed by atoms with Gasteiger partial charge in [-0.25, -0.2) is 8.78 Å². The van der Waals surface area contributed by atoms with Gasteiger partial charge in [0, 0.05) is 6.42 Å². The third-order valence-electron chi connectivity index (χ3n) is 1.99. The first kappa shape index (κ1) is 6.65. The number of carbonyl (C=O) groups excluding carboxylic acids is 1. The van der Waals surface area contributed by atoms with Crippen LogP contribution >= 0.6 is 0 Å². The Hall–Kier alpha value is -0.470. The van der Waals surface area contributed by atoms with Gasteiger partial charge < -0.3 is 0 Å². The van der Waals surface area contributed by atoms with Crippen molar-refractivity contribution >= 4 is 5.78 Å². The molecule has 1 saturated carbocycles. The van der Waals surface area contributed by atoms with Crippen molar-refractivity contribution < 1.29 is 13.6 Å². The number of rotatable bonds is 1. The van der Waals surface area contributed by atoms with Crippen molar-refractivity contribution in [1.82, 2.24) is 0 Å². The molecule has 0 spiro atoms. The summed E-state index contributed by atoms with van der Waals surface area (Å²) >= 11 is 0. The molecular formula is C6H8F2O. The summed E-state index contributed by atoms with van der Waals surface area (Å²) in [7, 11) is 0. The molecule has 0 bridgehead atoms. The Bertz CT molecular complexity index is 144. The van der Waals surface area contributed by atoms with Crippen molar-refractivity contribution in [3.63, 3.8) is 0 Å². The number of Topliss-reactive ketones (excluding diaryl/α,β-unsaturated/α-hetero) is 1. The van der Waals surface area contributed by atoms with E-state index in [-0.39, 0.29) is 5.78 Å². The summed E-state index contributed by atoms with van der Waals surface area (Å²) in [5.74, 6) is -0.294. The normalized spacial score (nSPS) is 34.9. The molecular weight excluding hydrogens is 126 g/mol. The lowest BCUT2D eigenvalue weighted by Gasteiger charge is -2.34. The van der Waals surface area contributed by atoms with Crippen LogP contribution in [0.1, 0.15) is 19.8 Å². The van der Waals surface area contributed by atoms with E-state index in [1.807, 2.05) is 0 Å². The summed E-state index contributed by atoms with van der Waals surface area (Å²) in [5, 5.41) is 0. The monoisotopic (exact) mass is 134 g/mol. The molecule has 1 unspecified atom stereocenters. The van der Waals surface area contributed by atoms with E-state index in [4.69, 9.17) is 0 Å². The highest BCUT2D eigenvalue weighted by atomic mass is 19.3. The molecule has 0 amide bonds. The van der Waals surface area contributed by atoms with E-state index in [1.54, 1.807) is 0 Å². The van der Waals surface area contributed by atoms with Crippen LogP contribution in [0, 0.1) is 5.41 Å². The van der Waals surface area contributed by atoms with Crippen LogP contribution in [0.2, 0.25) is 0 Å². The zero-order chi connectivity index (χ0) is 7.07. The van der Waals surface area contributed by atoms with E-state index >= 15 is 0 Å². The largest absolute Gasteiger partial charge is 0.299 e. The van der Waals surface area contributed by atoms with Crippen LogP contribution in [0.4, 0.5) is 8.78 Å². The highest BCUT2D eigenvalue weighted by Crippen LogP contribution is 2.41. The summed E-state index contributed by atoms with van der Waals surface area (Å²) in [6.45, 7) is 1.32. The molecule has 1 rings (SSSR count). The maximum absolute atomic E-state index is 11.9. The molecule has 52 valence electrons. The number of hydrogen-bond acceptors (Lipinski definition) is 1. The molecule has 1 fully saturated rings. The topological polar surface area (TPSA) is 17.1 Å². The molecule has 0 saturated heterocycles. The number of ketones is 1. The van der Waals surface area contributed by atoms with Gasteiger partial charge in [-0.1, -0.05) is 0 Å². The minimum Gasteiger partial charge on any atom is -0.299 e. The lowest BCUT2D eigenvalue weighted by atomic mass is 9.69. The minimum absolute atomic E-state index is 0.294. The van der Waals surface area contributed by atoms with Crippen molar-refractivity contribution in [2.45, 2.75) is 26.2 Å². The fourth-order valence-electron chi connectivity index (χ4n) is 0.852. The van der Waals surface area contributed by atoms with Crippen molar-refractivity contribution in [2.24, 2.45) is 5.41 Å². The predicted octanol–water partition coefficient (Wildman–Crippen LogP) is 1.62. The fourth-order valence-corrected chi connectivity index (χ4v) is 0.852. The maximum Gasteiger partial charge on any atom is 0.250 e. The van der Waals surface area contributed by atoms with E-state index in [1.165, 1.54) is 6.92 Å². The Balaban J connectivity index is 2.64. The van der Waals surface area contributed by atoms with Crippen molar-refractivity contribution in [2.75, 3.05) is 0 Å². The molecule has 0 N–H and O–H groups in total. The van der Waals surface area contributed by atoms with Crippen LogP contribution in [-0.4, -0.2) is 12.2 Å². The molecule has 9 heavy (non-hydrogen) atoms. The maximum atomic E-state index is 11.9. The second kappa shape index (κ2) is 1.75. The Kier molecular flexibility index (Phi) is 1.30. The zero-order valence-corrected chi connectivity index (χ0v) is 5.16. The number of carbonyl (C=O) groups is 1. The van der Waals surface area contributed by atoms with Gasteiger partial charge in [-0.2, -0.15) is 0 Å². The first-order valence-electron chi connectivity index (χ1n) is 2.89. The number of hydrogen-bond donors (Lipinski definition) is 0. The van der Waals surface area contributed by atoms with Gasteiger partial charge in [-0.05, 0) is 13.3 Å². The van der Waals surface area contributed by atoms with Crippen molar-refractivity contribution in [3.8, 4) is 0 Å². The minimum atomic E-state index is -2.47. The number of alkyl halides is 2. The van der Waals surface area contributed by atoms with Crippen molar-refractivity contribution in [1.29, 1.82) is 0 Å². The summed E-state index contributed by atoms with van der Waals surface area (Å²) in [5.41, 5.74) is -1.29.